The smallest absolute Gasteiger partial charge is 0.309 e. The number of esters is 1. The second kappa shape index (κ2) is 7.35. The summed E-state index contributed by atoms with van der Waals surface area (Å²) >= 11 is 0. The van der Waals surface area contributed by atoms with E-state index in [1.165, 1.54) is 4.31 Å². The number of benzene rings is 1. The first-order valence-electron chi connectivity index (χ1n) is 7.28. The number of halogens is 2. The molecule has 0 bridgehead atoms. The lowest BCUT2D eigenvalue weighted by Gasteiger charge is -2.28. The fourth-order valence-electron chi connectivity index (χ4n) is 2.47. The van der Waals surface area contributed by atoms with Gasteiger partial charge in [0.1, 0.15) is 11.6 Å². The second-order valence-corrected chi connectivity index (χ2v) is 7.57. The number of ether oxygens (including phenoxy) is 1. The van der Waals surface area contributed by atoms with Gasteiger partial charge in [0.25, 0.3) is 0 Å². The van der Waals surface area contributed by atoms with Crippen LogP contribution >= 0.6 is 0 Å². The molecular weight excluding hydrogens is 344 g/mol. The molecule has 2 rings (SSSR count). The number of Topliss-reactive ketones (excluding diaryl/α,β-unsaturated/α-hetero) is 1. The van der Waals surface area contributed by atoms with Crippen molar-refractivity contribution in [2.45, 2.75) is 12.8 Å². The molecule has 9 heteroatoms. The van der Waals surface area contributed by atoms with Crippen molar-refractivity contribution < 1.29 is 31.5 Å². The minimum absolute atomic E-state index is 0.199. The van der Waals surface area contributed by atoms with Crippen molar-refractivity contribution in [1.29, 1.82) is 0 Å². The number of hydrogen-bond donors (Lipinski definition) is 0. The summed E-state index contributed by atoms with van der Waals surface area (Å²) in [6.45, 7) is -0.290. The van der Waals surface area contributed by atoms with Crippen LogP contribution in [-0.4, -0.2) is 50.4 Å². The maximum atomic E-state index is 13.5. The van der Waals surface area contributed by atoms with Gasteiger partial charge in [0.2, 0.25) is 15.8 Å². The molecule has 0 radical (unpaired) electrons. The molecule has 0 atom stereocenters. The molecule has 1 aliphatic rings. The van der Waals surface area contributed by atoms with Gasteiger partial charge in [0, 0.05) is 13.1 Å². The largest absolute Gasteiger partial charge is 0.457 e. The Morgan fingerprint density at radius 3 is 2.46 bits per heavy atom. The first kappa shape index (κ1) is 18.5. The number of ketones is 1. The number of sulfonamides is 1. The van der Waals surface area contributed by atoms with E-state index in [1.54, 1.807) is 0 Å². The van der Waals surface area contributed by atoms with Crippen LogP contribution in [0.15, 0.2) is 18.2 Å². The summed E-state index contributed by atoms with van der Waals surface area (Å²) < 4.78 is 55.4. The Morgan fingerprint density at radius 1 is 1.25 bits per heavy atom. The highest BCUT2D eigenvalue weighted by Crippen LogP contribution is 2.20. The maximum Gasteiger partial charge on any atom is 0.309 e. The predicted molar refractivity (Wildman–Crippen MR) is 80.8 cm³/mol. The Kier molecular flexibility index (Phi) is 5.66. The fraction of sp³-hybridized carbons (Fsp3) is 0.467. The van der Waals surface area contributed by atoms with E-state index in [0.717, 1.165) is 24.5 Å². The average Bonchev–Trinajstić information content (AvgIpc) is 2.53. The molecule has 1 heterocycles. The van der Waals surface area contributed by atoms with E-state index in [1.807, 2.05) is 0 Å². The van der Waals surface area contributed by atoms with Gasteiger partial charge in [-0.15, -0.1) is 0 Å². The molecule has 132 valence electrons. The van der Waals surface area contributed by atoms with Crippen LogP contribution in [0.4, 0.5) is 8.78 Å². The third kappa shape index (κ3) is 4.57. The molecule has 0 spiro atoms. The van der Waals surface area contributed by atoms with Gasteiger partial charge in [-0.1, -0.05) is 0 Å². The normalized spacial score (nSPS) is 16.8. The molecule has 0 N–H and O–H groups in total. The van der Waals surface area contributed by atoms with Crippen molar-refractivity contribution in [3.8, 4) is 0 Å². The van der Waals surface area contributed by atoms with Gasteiger partial charge < -0.3 is 4.74 Å². The highest BCUT2D eigenvalue weighted by Gasteiger charge is 2.30. The molecule has 24 heavy (non-hydrogen) atoms. The van der Waals surface area contributed by atoms with Crippen LogP contribution in [0.25, 0.3) is 0 Å². The fourth-order valence-corrected chi connectivity index (χ4v) is 3.34. The first-order valence-corrected chi connectivity index (χ1v) is 9.13. The minimum Gasteiger partial charge on any atom is -0.457 e. The lowest BCUT2D eigenvalue weighted by Crippen LogP contribution is -2.40. The van der Waals surface area contributed by atoms with E-state index in [0.29, 0.717) is 0 Å². The summed E-state index contributed by atoms with van der Waals surface area (Å²) in [6, 6.07) is 2.45. The lowest BCUT2D eigenvalue weighted by molar-refractivity contribution is -0.148. The zero-order valence-corrected chi connectivity index (χ0v) is 13.8. The van der Waals surface area contributed by atoms with Crippen LogP contribution < -0.4 is 0 Å². The van der Waals surface area contributed by atoms with Gasteiger partial charge in [-0.05, 0) is 31.0 Å². The van der Waals surface area contributed by atoms with Crippen LogP contribution in [0.5, 0.6) is 0 Å². The van der Waals surface area contributed by atoms with E-state index < -0.39 is 51.5 Å². The van der Waals surface area contributed by atoms with Gasteiger partial charge in [-0.2, -0.15) is 0 Å². The van der Waals surface area contributed by atoms with E-state index in [9.17, 15) is 26.8 Å². The lowest BCUT2D eigenvalue weighted by atomic mass is 9.98. The van der Waals surface area contributed by atoms with Crippen LogP contribution in [0.1, 0.15) is 23.2 Å². The molecule has 0 aliphatic carbocycles. The van der Waals surface area contributed by atoms with Crippen molar-refractivity contribution in [1.82, 2.24) is 4.31 Å². The highest BCUT2D eigenvalue weighted by molar-refractivity contribution is 7.88. The summed E-state index contributed by atoms with van der Waals surface area (Å²) in [4.78, 5) is 23.7. The molecule has 1 fully saturated rings. The SMILES string of the molecule is CS(=O)(=O)N1CCC(C(=O)OCC(=O)c2cc(F)ccc2F)CC1. The average molecular weight is 361 g/mol. The summed E-state index contributed by atoms with van der Waals surface area (Å²) in [5, 5.41) is 0. The minimum atomic E-state index is -3.30. The van der Waals surface area contributed by atoms with Gasteiger partial charge in [-0.25, -0.2) is 21.5 Å². The third-order valence-corrected chi connectivity index (χ3v) is 5.13. The summed E-state index contributed by atoms with van der Waals surface area (Å²) in [5.41, 5.74) is -0.477. The maximum absolute atomic E-state index is 13.5. The van der Waals surface area contributed by atoms with Gasteiger partial charge in [-0.3, -0.25) is 9.59 Å². The molecule has 0 saturated carbocycles. The van der Waals surface area contributed by atoms with Crippen LogP contribution in [0, 0.1) is 17.6 Å². The quantitative estimate of drug-likeness (QED) is 0.584. The molecule has 1 aromatic rings. The number of hydrogen-bond acceptors (Lipinski definition) is 5. The Balaban J connectivity index is 1.88. The second-order valence-electron chi connectivity index (χ2n) is 5.59. The first-order chi connectivity index (χ1) is 11.2. The Bertz CT molecular complexity index is 742. The van der Waals surface area contributed by atoms with Crippen molar-refractivity contribution in [3.63, 3.8) is 0 Å². The topological polar surface area (TPSA) is 80.8 Å². The number of rotatable bonds is 5. The summed E-state index contributed by atoms with van der Waals surface area (Å²) in [5.74, 6) is -3.66. The van der Waals surface area contributed by atoms with Gasteiger partial charge in [0.15, 0.2) is 6.61 Å². The molecule has 0 amide bonds. The predicted octanol–water partition coefficient (Wildman–Crippen LogP) is 1.36. The van der Waals surface area contributed by atoms with Crippen molar-refractivity contribution >= 4 is 21.8 Å². The Morgan fingerprint density at radius 2 is 1.88 bits per heavy atom. The van der Waals surface area contributed by atoms with Crippen molar-refractivity contribution in [3.05, 3.63) is 35.4 Å². The summed E-state index contributed by atoms with van der Waals surface area (Å²) in [6.07, 6.45) is 1.67. The molecule has 0 aromatic heterocycles. The van der Waals surface area contributed by atoms with Gasteiger partial charge in [0.05, 0.1) is 17.7 Å². The molecular formula is C15H17F2NO5S. The number of carbonyl (C=O) groups excluding carboxylic acids is 2. The van der Waals surface area contributed by atoms with Crippen LogP contribution in [0.3, 0.4) is 0 Å². The van der Waals surface area contributed by atoms with Crippen molar-refractivity contribution in [2.75, 3.05) is 26.0 Å². The molecule has 1 saturated heterocycles. The monoisotopic (exact) mass is 361 g/mol. The molecule has 1 aromatic carbocycles. The Labute approximate surface area is 138 Å². The molecule has 1 aliphatic heterocycles. The highest BCUT2D eigenvalue weighted by atomic mass is 32.2. The number of carbonyl (C=O) groups is 2. The van der Waals surface area contributed by atoms with E-state index in [-0.39, 0.29) is 25.9 Å². The van der Waals surface area contributed by atoms with E-state index in [2.05, 4.69) is 0 Å². The zero-order valence-electron chi connectivity index (χ0n) is 13.0. The van der Waals surface area contributed by atoms with E-state index >= 15 is 0 Å². The number of nitrogens with zero attached hydrogens (tertiary/aromatic N) is 1. The summed E-state index contributed by atoms with van der Waals surface area (Å²) in [7, 11) is -3.30. The molecule has 6 nitrogen and oxygen atoms in total. The standard InChI is InChI=1S/C15H17F2NO5S/c1-24(21,22)18-6-4-10(5-7-18)15(20)23-9-14(19)12-8-11(16)2-3-13(12)17/h2-3,8,10H,4-7,9H2,1H3. The van der Waals surface area contributed by atoms with Crippen molar-refractivity contribution in [2.24, 2.45) is 5.92 Å². The van der Waals surface area contributed by atoms with E-state index in [4.69, 9.17) is 4.74 Å². The zero-order chi connectivity index (χ0) is 17.9. The Hall–Kier alpha value is -1.87. The van der Waals surface area contributed by atoms with Crippen LogP contribution in [-0.2, 0) is 19.6 Å². The van der Waals surface area contributed by atoms with Crippen LogP contribution in [0.2, 0.25) is 0 Å². The van der Waals surface area contributed by atoms with Gasteiger partial charge >= 0.3 is 5.97 Å². The molecule has 0 unspecified atom stereocenters. The third-order valence-electron chi connectivity index (χ3n) is 3.83. The number of piperidine rings is 1.